The van der Waals surface area contributed by atoms with Crippen molar-refractivity contribution in [3.8, 4) is 5.75 Å². The molecule has 3 N–H and O–H groups in total. The number of hydrogen-bond acceptors (Lipinski definition) is 4. The minimum absolute atomic E-state index is 0.681. The molecule has 4 heteroatoms. The van der Waals surface area contributed by atoms with Crippen LogP contribution in [0.3, 0.4) is 0 Å². The second-order valence-corrected chi connectivity index (χ2v) is 5.11. The Labute approximate surface area is 109 Å². The summed E-state index contributed by atoms with van der Waals surface area (Å²) < 4.78 is 5.22. The molecule has 1 aliphatic rings. The highest BCUT2D eigenvalue weighted by molar-refractivity contribution is 5.61. The summed E-state index contributed by atoms with van der Waals surface area (Å²) in [5.41, 5.74) is 7.56. The van der Waals surface area contributed by atoms with E-state index < -0.39 is 0 Å². The first kappa shape index (κ1) is 13.0. The molecule has 1 heterocycles. The first-order valence-corrected chi connectivity index (χ1v) is 6.55. The minimum Gasteiger partial charge on any atom is -0.495 e. The molecule has 2 rings (SSSR count). The monoisotopic (exact) mass is 249 g/mol. The maximum absolute atomic E-state index is 5.80. The molecule has 100 valence electrons. The Kier molecular flexibility index (Phi) is 4.31. The quantitative estimate of drug-likeness (QED) is 0.802. The molecule has 0 bridgehead atoms. The Hall–Kier alpha value is -1.42. The van der Waals surface area contributed by atoms with Gasteiger partial charge in [-0.3, -0.25) is 0 Å². The van der Waals surface area contributed by atoms with Crippen LogP contribution in [0.1, 0.15) is 12.8 Å². The van der Waals surface area contributed by atoms with Gasteiger partial charge in [0.1, 0.15) is 5.75 Å². The second-order valence-electron chi connectivity index (χ2n) is 5.11. The smallest absolute Gasteiger partial charge is 0.143 e. The van der Waals surface area contributed by atoms with Crippen molar-refractivity contribution in [2.45, 2.75) is 12.8 Å². The summed E-state index contributed by atoms with van der Waals surface area (Å²) in [6.45, 7) is 3.42. The van der Waals surface area contributed by atoms with Crippen LogP contribution in [0.5, 0.6) is 5.75 Å². The summed E-state index contributed by atoms with van der Waals surface area (Å²) in [6.07, 6.45) is 2.61. The van der Waals surface area contributed by atoms with Gasteiger partial charge < -0.3 is 20.7 Å². The first-order valence-electron chi connectivity index (χ1n) is 6.55. The molecule has 0 amide bonds. The largest absolute Gasteiger partial charge is 0.495 e. The summed E-state index contributed by atoms with van der Waals surface area (Å²) in [6, 6.07) is 5.85. The molecule has 0 radical (unpaired) electrons. The highest BCUT2D eigenvalue weighted by Crippen LogP contribution is 2.25. The van der Waals surface area contributed by atoms with Crippen LogP contribution in [-0.4, -0.2) is 38.7 Å². The van der Waals surface area contributed by atoms with Gasteiger partial charge in [-0.1, -0.05) is 0 Å². The van der Waals surface area contributed by atoms with Gasteiger partial charge in [0.15, 0.2) is 0 Å². The van der Waals surface area contributed by atoms with E-state index in [4.69, 9.17) is 10.5 Å². The fraction of sp³-hybridized carbons (Fsp3) is 0.571. The zero-order chi connectivity index (χ0) is 13.0. The van der Waals surface area contributed by atoms with E-state index in [-0.39, 0.29) is 0 Å². The number of nitrogens with one attached hydrogen (secondary N) is 1. The van der Waals surface area contributed by atoms with Crippen molar-refractivity contribution in [1.29, 1.82) is 0 Å². The van der Waals surface area contributed by atoms with Crippen LogP contribution in [0, 0.1) is 5.92 Å². The molecule has 4 nitrogen and oxygen atoms in total. The van der Waals surface area contributed by atoms with Crippen LogP contribution in [0.2, 0.25) is 0 Å². The predicted octanol–water partition coefficient (Wildman–Crippen LogP) is 2.03. The number of nitrogens with zero attached hydrogens (tertiary/aromatic N) is 1. The van der Waals surface area contributed by atoms with Crippen molar-refractivity contribution in [3.05, 3.63) is 18.2 Å². The average molecular weight is 249 g/mol. The van der Waals surface area contributed by atoms with Crippen LogP contribution in [0.25, 0.3) is 0 Å². The summed E-state index contributed by atoms with van der Waals surface area (Å²) in [5, 5.41) is 3.47. The highest BCUT2D eigenvalue weighted by atomic mass is 16.5. The third-order valence-corrected chi connectivity index (χ3v) is 3.55. The SMILES string of the molecule is COc1cc(NCC2CCCN(C)C2)ccc1N. The number of benzene rings is 1. The Bertz CT molecular complexity index is 395. The van der Waals surface area contributed by atoms with E-state index in [1.807, 2.05) is 18.2 Å². The normalized spacial score (nSPS) is 20.7. The Balaban J connectivity index is 1.89. The van der Waals surface area contributed by atoms with Gasteiger partial charge in [0, 0.05) is 24.8 Å². The fourth-order valence-electron chi connectivity index (χ4n) is 2.52. The number of anilines is 2. The number of likely N-dealkylation sites (tertiary alicyclic amines) is 1. The van der Waals surface area contributed by atoms with Crippen LogP contribution in [-0.2, 0) is 0 Å². The Morgan fingerprint density at radius 1 is 1.50 bits per heavy atom. The zero-order valence-corrected chi connectivity index (χ0v) is 11.3. The van der Waals surface area contributed by atoms with Gasteiger partial charge in [-0.05, 0) is 44.5 Å². The van der Waals surface area contributed by atoms with Crippen LogP contribution >= 0.6 is 0 Å². The summed E-state index contributed by atoms with van der Waals surface area (Å²) in [5.74, 6) is 1.47. The Morgan fingerprint density at radius 2 is 2.33 bits per heavy atom. The molecule has 1 aromatic rings. The molecule has 0 aliphatic carbocycles. The van der Waals surface area contributed by atoms with E-state index in [1.165, 1.54) is 25.9 Å². The topological polar surface area (TPSA) is 50.5 Å². The number of nitrogens with two attached hydrogens (primary N) is 1. The summed E-state index contributed by atoms with van der Waals surface area (Å²) in [4.78, 5) is 2.40. The predicted molar refractivity (Wildman–Crippen MR) is 76.1 cm³/mol. The molecule has 1 aromatic carbocycles. The first-order chi connectivity index (χ1) is 8.69. The van der Waals surface area contributed by atoms with E-state index >= 15 is 0 Å². The third-order valence-electron chi connectivity index (χ3n) is 3.55. The lowest BCUT2D eigenvalue weighted by atomic mass is 9.98. The van der Waals surface area contributed by atoms with Crippen LogP contribution in [0.4, 0.5) is 11.4 Å². The molecule has 0 aromatic heterocycles. The fourth-order valence-corrected chi connectivity index (χ4v) is 2.52. The van der Waals surface area contributed by atoms with Crippen molar-refractivity contribution in [3.63, 3.8) is 0 Å². The average Bonchev–Trinajstić information content (AvgIpc) is 2.38. The van der Waals surface area contributed by atoms with Crippen molar-refractivity contribution >= 4 is 11.4 Å². The van der Waals surface area contributed by atoms with E-state index in [0.717, 1.165) is 23.9 Å². The molecule has 1 saturated heterocycles. The molecule has 1 atom stereocenters. The molecule has 1 unspecified atom stereocenters. The minimum atomic E-state index is 0.681. The van der Waals surface area contributed by atoms with Crippen molar-refractivity contribution < 1.29 is 4.74 Å². The molecule has 0 saturated carbocycles. The third kappa shape index (κ3) is 3.29. The van der Waals surface area contributed by atoms with E-state index in [9.17, 15) is 0 Å². The number of hydrogen-bond donors (Lipinski definition) is 2. The number of rotatable bonds is 4. The lowest BCUT2D eigenvalue weighted by Crippen LogP contribution is -2.35. The molecular weight excluding hydrogens is 226 g/mol. The van der Waals surface area contributed by atoms with E-state index in [0.29, 0.717) is 5.69 Å². The lowest BCUT2D eigenvalue weighted by Gasteiger charge is -2.30. The number of methoxy groups -OCH3 is 1. The van der Waals surface area contributed by atoms with Gasteiger partial charge in [-0.15, -0.1) is 0 Å². The maximum atomic E-state index is 5.80. The molecule has 1 aliphatic heterocycles. The van der Waals surface area contributed by atoms with Gasteiger partial charge in [-0.2, -0.15) is 0 Å². The molecule has 1 fully saturated rings. The van der Waals surface area contributed by atoms with Gasteiger partial charge in [0.05, 0.1) is 12.8 Å². The summed E-state index contributed by atoms with van der Waals surface area (Å²) in [7, 11) is 3.84. The van der Waals surface area contributed by atoms with Crippen molar-refractivity contribution in [2.24, 2.45) is 5.92 Å². The standard InChI is InChI=1S/C14H23N3O/c1-17-7-3-4-11(10-17)9-16-12-5-6-13(15)14(8-12)18-2/h5-6,8,11,16H,3-4,7,9-10,15H2,1-2H3. The summed E-state index contributed by atoms with van der Waals surface area (Å²) >= 11 is 0. The maximum Gasteiger partial charge on any atom is 0.143 e. The van der Waals surface area contributed by atoms with Crippen molar-refractivity contribution in [2.75, 3.05) is 44.8 Å². The van der Waals surface area contributed by atoms with E-state index in [2.05, 4.69) is 17.3 Å². The number of nitrogen functional groups attached to an aromatic ring is 1. The van der Waals surface area contributed by atoms with Crippen molar-refractivity contribution in [1.82, 2.24) is 4.90 Å². The van der Waals surface area contributed by atoms with E-state index in [1.54, 1.807) is 7.11 Å². The highest BCUT2D eigenvalue weighted by Gasteiger charge is 2.16. The van der Waals surface area contributed by atoms with Crippen LogP contribution in [0.15, 0.2) is 18.2 Å². The van der Waals surface area contributed by atoms with Gasteiger partial charge in [0.2, 0.25) is 0 Å². The van der Waals surface area contributed by atoms with Gasteiger partial charge >= 0.3 is 0 Å². The number of piperidine rings is 1. The molecule has 0 spiro atoms. The molecule has 18 heavy (non-hydrogen) atoms. The van der Waals surface area contributed by atoms with Crippen LogP contribution < -0.4 is 15.8 Å². The molecular formula is C14H23N3O. The van der Waals surface area contributed by atoms with Gasteiger partial charge in [-0.25, -0.2) is 0 Å². The number of ether oxygens (including phenoxy) is 1. The zero-order valence-electron chi connectivity index (χ0n) is 11.3. The van der Waals surface area contributed by atoms with Gasteiger partial charge in [0.25, 0.3) is 0 Å². The lowest BCUT2D eigenvalue weighted by molar-refractivity contribution is 0.217. The second kappa shape index (κ2) is 5.96. The Morgan fingerprint density at radius 3 is 3.06 bits per heavy atom.